The molecule has 0 unspecified atom stereocenters. The molecule has 6 nitrogen and oxygen atoms in total. The van der Waals surface area contributed by atoms with Crippen LogP contribution >= 0.6 is 0 Å². The number of carbonyl (C=O) groups excluding carboxylic acids is 1. The van der Waals surface area contributed by atoms with Crippen molar-refractivity contribution in [1.82, 2.24) is 24.6 Å². The maximum absolute atomic E-state index is 12.8. The number of likely N-dealkylation sites (N-methyl/N-ethyl adjacent to an activating group) is 1. The zero-order valence-corrected chi connectivity index (χ0v) is 14.4. The van der Waals surface area contributed by atoms with Gasteiger partial charge in [-0.25, -0.2) is 4.98 Å². The van der Waals surface area contributed by atoms with Gasteiger partial charge < -0.3 is 4.90 Å². The van der Waals surface area contributed by atoms with Gasteiger partial charge in [0.05, 0.1) is 12.6 Å². The average Bonchev–Trinajstić information content (AvgIpc) is 3.27. The Morgan fingerprint density at radius 3 is 2.88 bits per heavy atom. The van der Waals surface area contributed by atoms with Gasteiger partial charge in [-0.15, -0.1) is 0 Å². The molecule has 1 saturated heterocycles. The zero-order chi connectivity index (χ0) is 16.9. The molecule has 0 radical (unpaired) electrons. The predicted octanol–water partition coefficient (Wildman–Crippen LogP) is 1.79. The van der Waals surface area contributed by atoms with Crippen molar-refractivity contribution < 1.29 is 4.79 Å². The monoisotopic (exact) mass is 327 g/mol. The van der Waals surface area contributed by atoms with Crippen LogP contribution in [-0.2, 0) is 17.9 Å². The van der Waals surface area contributed by atoms with Crippen molar-refractivity contribution >= 4 is 5.91 Å². The van der Waals surface area contributed by atoms with E-state index in [9.17, 15) is 4.79 Å². The molecule has 2 heterocycles. The number of hydrogen-bond acceptors (Lipinski definition) is 4. The van der Waals surface area contributed by atoms with Crippen LogP contribution in [0.1, 0.15) is 25.3 Å². The van der Waals surface area contributed by atoms with Gasteiger partial charge >= 0.3 is 0 Å². The molecule has 128 valence electrons. The molecule has 0 N–H and O–H groups in total. The minimum Gasteiger partial charge on any atom is -0.340 e. The maximum atomic E-state index is 12.8. The third kappa shape index (κ3) is 3.82. The Morgan fingerprint density at radius 2 is 2.17 bits per heavy atom. The van der Waals surface area contributed by atoms with Crippen LogP contribution in [0.3, 0.4) is 0 Å². The molecule has 1 aromatic carbocycles. The van der Waals surface area contributed by atoms with Gasteiger partial charge in [-0.3, -0.25) is 14.4 Å². The Hall–Kier alpha value is -2.21. The number of benzene rings is 1. The normalized spacial score (nSPS) is 19.3. The predicted molar refractivity (Wildman–Crippen MR) is 92.1 cm³/mol. The summed E-state index contributed by atoms with van der Waals surface area (Å²) in [5.74, 6) is 0.171. The Bertz CT molecular complexity index is 643. The Kier molecular flexibility index (Phi) is 5.25. The number of rotatable bonds is 6. The Morgan fingerprint density at radius 1 is 1.38 bits per heavy atom. The number of carbonyl (C=O) groups is 1. The van der Waals surface area contributed by atoms with E-state index in [4.69, 9.17) is 0 Å². The van der Waals surface area contributed by atoms with Crippen LogP contribution in [0, 0.1) is 0 Å². The van der Waals surface area contributed by atoms with E-state index in [0.717, 1.165) is 31.5 Å². The summed E-state index contributed by atoms with van der Waals surface area (Å²) in [6.45, 7) is 4.42. The molecular weight excluding hydrogens is 302 g/mol. The summed E-state index contributed by atoms with van der Waals surface area (Å²) in [5.41, 5.74) is 1.15. The Balaban J connectivity index is 1.61. The number of likely N-dealkylation sites (tertiary alicyclic amines) is 1. The first-order chi connectivity index (χ1) is 11.6. The second kappa shape index (κ2) is 7.57. The second-order valence-corrected chi connectivity index (χ2v) is 6.51. The number of aromatic nitrogens is 3. The van der Waals surface area contributed by atoms with Crippen molar-refractivity contribution in [2.75, 3.05) is 13.6 Å². The molecule has 1 aliphatic rings. The first kappa shape index (κ1) is 16.6. The molecule has 1 aliphatic heterocycles. The summed E-state index contributed by atoms with van der Waals surface area (Å²) in [4.78, 5) is 21.0. The second-order valence-electron chi connectivity index (χ2n) is 6.51. The topological polar surface area (TPSA) is 54.3 Å². The minimum absolute atomic E-state index is 0.116. The molecule has 0 aliphatic carbocycles. The first-order valence-electron chi connectivity index (χ1n) is 8.52. The highest BCUT2D eigenvalue weighted by atomic mass is 16.2. The number of nitrogens with zero attached hydrogens (tertiary/aromatic N) is 5. The summed E-state index contributed by atoms with van der Waals surface area (Å²) >= 11 is 0. The van der Waals surface area contributed by atoms with Crippen molar-refractivity contribution in [2.24, 2.45) is 0 Å². The zero-order valence-electron chi connectivity index (χ0n) is 14.4. The van der Waals surface area contributed by atoms with Crippen molar-refractivity contribution in [3.8, 4) is 0 Å². The van der Waals surface area contributed by atoms with Crippen LogP contribution < -0.4 is 0 Å². The van der Waals surface area contributed by atoms with Gasteiger partial charge in [-0.2, -0.15) is 5.10 Å². The third-order valence-electron chi connectivity index (χ3n) is 4.78. The van der Waals surface area contributed by atoms with Gasteiger partial charge in [-0.05, 0) is 31.9 Å². The number of hydrogen-bond donors (Lipinski definition) is 0. The highest BCUT2D eigenvalue weighted by molar-refractivity contribution is 5.81. The molecule has 0 spiro atoms. The molecule has 6 heteroatoms. The van der Waals surface area contributed by atoms with Crippen LogP contribution in [-0.4, -0.2) is 56.1 Å². The van der Waals surface area contributed by atoms with Crippen LogP contribution in [0.15, 0.2) is 43.0 Å². The summed E-state index contributed by atoms with van der Waals surface area (Å²) in [5, 5.41) is 4.19. The largest absolute Gasteiger partial charge is 0.340 e. The fraction of sp³-hybridized carbons (Fsp3) is 0.500. The molecule has 0 bridgehead atoms. The van der Waals surface area contributed by atoms with Gasteiger partial charge in [0.25, 0.3) is 0 Å². The summed E-state index contributed by atoms with van der Waals surface area (Å²) in [6.07, 6.45) is 5.52. The van der Waals surface area contributed by atoms with Gasteiger partial charge in [-0.1, -0.05) is 30.3 Å². The van der Waals surface area contributed by atoms with E-state index in [1.807, 2.05) is 41.8 Å². The van der Waals surface area contributed by atoms with E-state index in [1.54, 1.807) is 12.7 Å². The van der Waals surface area contributed by atoms with E-state index in [2.05, 4.69) is 27.1 Å². The highest BCUT2D eigenvalue weighted by Gasteiger charge is 2.33. The van der Waals surface area contributed by atoms with Crippen molar-refractivity contribution in [1.29, 1.82) is 0 Å². The van der Waals surface area contributed by atoms with Gasteiger partial charge in [0, 0.05) is 19.6 Å². The van der Waals surface area contributed by atoms with E-state index >= 15 is 0 Å². The molecule has 3 rings (SSSR count). The molecule has 1 aromatic heterocycles. The lowest BCUT2D eigenvalue weighted by molar-refractivity contribution is -0.136. The molecule has 0 saturated carbocycles. The summed E-state index contributed by atoms with van der Waals surface area (Å²) < 4.78 is 1.86. The highest BCUT2D eigenvalue weighted by Crippen LogP contribution is 2.22. The Labute approximate surface area is 143 Å². The SMILES string of the molecule is C[C@H](C(=O)N(C)Cc1ccccc1)N1CCC[C@H]1Cn1cncn1. The standard InChI is InChI=1S/C18H25N5O/c1-15(18(24)21(2)11-16-7-4-3-5-8-16)23-10-6-9-17(23)12-22-14-19-13-20-22/h3-5,7-8,13-15,17H,6,9-12H2,1-2H3/t15-,17+/m1/s1. The van der Waals surface area contributed by atoms with Crippen molar-refractivity contribution in [3.63, 3.8) is 0 Å². The molecule has 24 heavy (non-hydrogen) atoms. The molecule has 1 fully saturated rings. The van der Waals surface area contributed by atoms with Crippen molar-refractivity contribution in [2.45, 2.75) is 44.9 Å². The maximum Gasteiger partial charge on any atom is 0.239 e. The molecule has 2 atom stereocenters. The number of amides is 1. The third-order valence-corrected chi connectivity index (χ3v) is 4.78. The first-order valence-corrected chi connectivity index (χ1v) is 8.52. The van der Waals surface area contributed by atoms with Crippen LogP contribution in [0.25, 0.3) is 0 Å². The fourth-order valence-electron chi connectivity index (χ4n) is 3.50. The lowest BCUT2D eigenvalue weighted by Gasteiger charge is -2.32. The van der Waals surface area contributed by atoms with Crippen LogP contribution in [0.4, 0.5) is 0 Å². The molecular formula is C18H25N5O. The van der Waals surface area contributed by atoms with E-state index < -0.39 is 0 Å². The quantitative estimate of drug-likeness (QED) is 0.812. The van der Waals surface area contributed by atoms with Crippen molar-refractivity contribution in [3.05, 3.63) is 48.5 Å². The van der Waals surface area contributed by atoms with Gasteiger partial charge in [0.15, 0.2) is 0 Å². The average molecular weight is 327 g/mol. The van der Waals surface area contributed by atoms with Crippen LogP contribution in [0.5, 0.6) is 0 Å². The summed E-state index contributed by atoms with van der Waals surface area (Å²) in [7, 11) is 1.88. The van der Waals surface area contributed by atoms with E-state index in [0.29, 0.717) is 12.6 Å². The van der Waals surface area contributed by atoms with E-state index in [1.165, 1.54) is 0 Å². The van der Waals surface area contributed by atoms with Gasteiger partial charge in [0.2, 0.25) is 5.91 Å². The lowest BCUT2D eigenvalue weighted by atomic mass is 10.1. The molecule has 1 amide bonds. The fourth-order valence-corrected chi connectivity index (χ4v) is 3.50. The molecule has 2 aromatic rings. The smallest absolute Gasteiger partial charge is 0.239 e. The van der Waals surface area contributed by atoms with Crippen LogP contribution in [0.2, 0.25) is 0 Å². The van der Waals surface area contributed by atoms with Gasteiger partial charge in [0.1, 0.15) is 12.7 Å². The lowest BCUT2D eigenvalue weighted by Crippen LogP contribution is -2.48. The summed E-state index contributed by atoms with van der Waals surface area (Å²) in [6, 6.07) is 10.3. The minimum atomic E-state index is -0.116. The van der Waals surface area contributed by atoms with E-state index in [-0.39, 0.29) is 11.9 Å².